The lowest BCUT2D eigenvalue weighted by Crippen LogP contribution is -2.52. The molecule has 1 aromatic rings. The molecule has 0 radical (unpaired) electrons. The standard InChI is InChI=1S/C21H25N3O4S/c25-20-18-8-4-5-9-19(18)21(26)24(20)16-22-11-13-23(14-12-22)29(27,28)15-10-17-6-2-1-3-7-17/h1-7,10,15,18-19H,8-9,11-14,16H2/b15-10+. The third-order valence-electron chi connectivity index (χ3n) is 5.86. The van der Waals surface area contributed by atoms with Crippen LogP contribution >= 0.6 is 0 Å². The normalized spacial score (nSPS) is 26.4. The minimum absolute atomic E-state index is 0.0924. The number of amides is 2. The van der Waals surface area contributed by atoms with Gasteiger partial charge in [-0.3, -0.25) is 19.4 Å². The van der Waals surface area contributed by atoms with Crippen molar-refractivity contribution in [3.05, 3.63) is 53.5 Å². The number of imide groups is 1. The zero-order valence-corrected chi connectivity index (χ0v) is 17.0. The molecule has 2 fully saturated rings. The van der Waals surface area contributed by atoms with E-state index in [2.05, 4.69) is 0 Å². The van der Waals surface area contributed by atoms with Crippen LogP contribution in [0.4, 0.5) is 0 Å². The molecular formula is C21H25N3O4S. The van der Waals surface area contributed by atoms with E-state index in [0.29, 0.717) is 39.0 Å². The minimum atomic E-state index is -3.50. The van der Waals surface area contributed by atoms with Crippen LogP contribution in [0.5, 0.6) is 0 Å². The molecule has 0 N–H and O–H groups in total. The van der Waals surface area contributed by atoms with Crippen LogP contribution in [-0.4, -0.2) is 67.2 Å². The van der Waals surface area contributed by atoms with Gasteiger partial charge >= 0.3 is 0 Å². The lowest BCUT2D eigenvalue weighted by atomic mass is 9.85. The Balaban J connectivity index is 1.33. The first-order valence-electron chi connectivity index (χ1n) is 9.91. The van der Waals surface area contributed by atoms with Gasteiger partial charge in [-0.05, 0) is 24.5 Å². The molecule has 0 spiro atoms. The highest BCUT2D eigenvalue weighted by molar-refractivity contribution is 7.92. The van der Waals surface area contributed by atoms with Gasteiger partial charge in [0.1, 0.15) is 0 Å². The van der Waals surface area contributed by atoms with E-state index in [1.807, 2.05) is 47.4 Å². The summed E-state index contributed by atoms with van der Waals surface area (Å²) < 4.78 is 26.6. The van der Waals surface area contributed by atoms with E-state index < -0.39 is 10.0 Å². The number of benzene rings is 1. The van der Waals surface area contributed by atoms with Gasteiger partial charge in [-0.2, -0.15) is 4.31 Å². The molecule has 2 heterocycles. The number of hydrogen-bond acceptors (Lipinski definition) is 5. The van der Waals surface area contributed by atoms with E-state index in [1.54, 1.807) is 6.08 Å². The van der Waals surface area contributed by atoms with E-state index in [0.717, 1.165) is 5.56 Å². The van der Waals surface area contributed by atoms with Gasteiger partial charge in [-0.15, -0.1) is 0 Å². The fraction of sp³-hybridized carbons (Fsp3) is 0.429. The molecule has 29 heavy (non-hydrogen) atoms. The lowest BCUT2D eigenvalue weighted by Gasteiger charge is -2.35. The first-order chi connectivity index (χ1) is 14.0. The van der Waals surface area contributed by atoms with E-state index in [-0.39, 0.29) is 30.3 Å². The van der Waals surface area contributed by atoms with Crippen molar-refractivity contribution < 1.29 is 18.0 Å². The van der Waals surface area contributed by atoms with Gasteiger partial charge in [0.2, 0.25) is 21.8 Å². The second-order valence-corrected chi connectivity index (χ2v) is 9.50. The summed E-state index contributed by atoms with van der Waals surface area (Å²) in [5.74, 6) is -0.634. The Hall–Kier alpha value is -2.29. The highest BCUT2D eigenvalue weighted by Gasteiger charge is 2.47. The van der Waals surface area contributed by atoms with Gasteiger partial charge in [-0.1, -0.05) is 42.5 Å². The molecule has 0 bridgehead atoms. The molecule has 2 aliphatic heterocycles. The van der Waals surface area contributed by atoms with Crippen molar-refractivity contribution in [2.45, 2.75) is 12.8 Å². The largest absolute Gasteiger partial charge is 0.283 e. The van der Waals surface area contributed by atoms with Crippen LogP contribution in [0, 0.1) is 11.8 Å². The molecule has 0 saturated carbocycles. The van der Waals surface area contributed by atoms with E-state index >= 15 is 0 Å². The van der Waals surface area contributed by atoms with Crippen molar-refractivity contribution >= 4 is 27.9 Å². The number of carbonyl (C=O) groups is 2. The average Bonchev–Trinajstić information content (AvgIpc) is 2.99. The van der Waals surface area contributed by atoms with Gasteiger partial charge in [0.25, 0.3) is 0 Å². The molecular weight excluding hydrogens is 390 g/mol. The Morgan fingerprint density at radius 2 is 1.48 bits per heavy atom. The Kier molecular flexibility index (Phi) is 5.67. The third kappa shape index (κ3) is 4.19. The predicted molar refractivity (Wildman–Crippen MR) is 110 cm³/mol. The summed E-state index contributed by atoms with van der Waals surface area (Å²) in [6, 6.07) is 9.30. The van der Waals surface area contributed by atoms with Gasteiger partial charge in [-0.25, -0.2) is 8.42 Å². The zero-order chi connectivity index (χ0) is 20.4. The van der Waals surface area contributed by atoms with Crippen molar-refractivity contribution in [1.82, 2.24) is 14.1 Å². The Bertz CT molecular complexity index is 908. The van der Waals surface area contributed by atoms with Crippen LogP contribution in [-0.2, 0) is 19.6 Å². The summed E-state index contributed by atoms with van der Waals surface area (Å²) in [6.45, 7) is 1.91. The number of allylic oxidation sites excluding steroid dienone is 2. The number of sulfonamides is 1. The molecule has 1 aromatic carbocycles. The number of likely N-dealkylation sites (tertiary alicyclic amines) is 1. The Morgan fingerprint density at radius 1 is 0.897 bits per heavy atom. The Morgan fingerprint density at radius 3 is 2.07 bits per heavy atom. The van der Waals surface area contributed by atoms with Crippen LogP contribution in [0.25, 0.3) is 6.08 Å². The SMILES string of the molecule is O=C1C2CC=CCC2C(=O)N1CN1CCN(S(=O)(=O)/C=C/c2ccccc2)CC1. The summed E-state index contributed by atoms with van der Waals surface area (Å²) >= 11 is 0. The van der Waals surface area contributed by atoms with Crippen molar-refractivity contribution in [2.24, 2.45) is 11.8 Å². The number of carbonyl (C=O) groups excluding carboxylic acids is 2. The first-order valence-corrected chi connectivity index (χ1v) is 11.4. The lowest BCUT2D eigenvalue weighted by molar-refractivity contribution is -0.142. The van der Waals surface area contributed by atoms with E-state index in [9.17, 15) is 18.0 Å². The summed E-state index contributed by atoms with van der Waals surface area (Å²) in [7, 11) is -3.50. The molecule has 2 atom stereocenters. The highest BCUT2D eigenvalue weighted by Crippen LogP contribution is 2.35. The van der Waals surface area contributed by atoms with Crippen LogP contribution in [0.2, 0.25) is 0 Å². The molecule has 0 aromatic heterocycles. The summed E-state index contributed by atoms with van der Waals surface area (Å²) in [4.78, 5) is 28.5. The molecule has 7 nitrogen and oxygen atoms in total. The maximum absolute atomic E-state index is 12.6. The zero-order valence-electron chi connectivity index (χ0n) is 16.2. The maximum Gasteiger partial charge on any atom is 0.236 e. The number of hydrogen-bond donors (Lipinski definition) is 0. The molecule has 1 aliphatic carbocycles. The highest BCUT2D eigenvalue weighted by atomic mass is 32.2. The molecule has 154 valence electrons. The quantitative estimate of drug-likeness (QED) is 0.538. The molecule has 8 heteroatoms. The van der Waals surface area contributed by atoms with Gasteiger partial charge in [0.05, 0.1) is 18.5 Å². The summed E-state index contributed by atoms with van der Waals surface area (Å²) in [5.41, 5.74) is 0.830. The number of rotatable bonds is 5. The van der Waals surface area contributed by atoms with Crippen molar-refractivity contribution in [1.29, 1.82) is 0 Å². The third-order valence-corrected chi connectivity index (χ3v) is 7.43. The monoisotopic (exact) mass is 415 g/mol. The molecule has 2 saturated heterocycles. The van der Waals surface area contributed by atoms with Crippen LogP contribution < -0.4 is 0 Å². The van der Waals surface area contributed by atoms with Gasteiger partial charge in [0.15, 0.2) is 0 Å². The number of nitrogens with zero attached hydrogens (tertiary/aromatic N) is 3. The van der Waals surface area contributed by atoms with Crippen molar-refractivity contribution in [3.63, 3.8) is 0 Å². The van der Waals surface area contributed by atoms with Crippen LogP contribution in [0.3, 0.4) is 0 Å². The first kappa shape index (κ1) is 20.0. The number of fused-ring (bicyclic) bond motifs is 1. The van der Waals surface area contributed by atoms with Gasteiger partial charge in [0, 0.05) is 31.6 Å². The van der Waals surface area contributed by atoms with E-state index in [1.165, 1.54) is 14.6 Å². The minimum Gasteiger partial charge on any atom is -0.283 e. The molecule has 3 aliphatic rings. The van der Waals surface area contributed by atoms with Crippen molar-refractivity contribution in [3.8, 4) is 0 Å². The van der Waals surface area contributed by atoms with Gasteiger partial charge < -0.3 is 0 Å². The fourth-order valence-corrected chi connectivity index (χ4v) is 5.32. The maximum atomic E-state index is 12.6. The van der Waals surface area contributed by atoms with Crippen LogP contribution in [0.1, 0.15) is 18.4 Å². The second-order valence-electron chi connectivity index (χ2n) is 7.68. The molecule has 2 unspecified atom stereocenters. The summed E-state index contributed by atoms with van der Waals surface area (Å²) in [5, 5.41) is 1.24. The fourth-order valence-electron chi connectivity index (χ4n) is 4.15. The predicted octanol–water partition coefficient (Wildman–Crippen LogP) is 1.51. The van der Waals surface area contributed by atoms with E-state index in [4.69, 9.17) is 0 Å². The summed E-state index contributed by atoms with van der Waals surface area (Å²) in [6.07, 6.45) is 6.81. The Labute approximate surface area is 171 Å². The smallest absolute Gasteiger partial charge is 0.236 e. The average molecular weight is 416 g/mol. The second kappa shape index (κ2) is 8.22. The van der Waals surface area contributed by atoms with Crippen molar-refractivity contribution in [2.75, 3.05) is 32.8 Å². The molecule has 2 amide bonds. The van der Waals surface area contributed by atoms with Crippen LogP contribution in [0.15, 0.2) is 47.9 Å². The number of piperazine rings is 1. The molecule has 4 rings (SSSR count). The topological polar surface area (TPSA) is 78.0 Å².